The number of aromatic nitrogens is 12. The van der Waals surface area contributed by atoms with Crippen molar-refractivity contribution in [1.29, 1.82) is 0 Å². The van der Waals surface area contributed by atoms with E-state index < -0.39 is 15.6 Å². The van der Waals surface area contributed by atoms with Crippen LogP contribution in [0.3, 0.4) is 0 Å². The molecule has 0 saturated carbocycles. The molecule has 7 aliphatic heterocycles. The number of rotatable bonds is 18. The van der Waals surface area contributed by atoms with E-state index in [1.54, 1.807) is 48.8 Å². The smallest absolute Gasteiger partial charge is 0.263 e. The van der Waals surface area contributed by atoms with Crippen molar-refractivity contribution in [3.05, 3.63) is 165 Å². The predicted molar refractivity (Wildman–Crippen MR) is 419 cm³/mol. The van der Waals surface area contributed by atoms with Gasteiger partial charge in [-0.25, -0.2) is 51.5 Å². The molecular formula is C79H100N24O5S. The van der Waals surface area contributed by atoms with Crippen molar-refractivity contribution < 1.29 is 22.6 Å². The van der Waals surface area contributed by atoms with E-state index in [4.69, 9.17) is 54.5 Å². The lowest BCUT2D eigenvalue weighted by molar-refractivity contribution is 0.0186. The summed E-state index contributed by atoms with van der Waals surface area (Å²) in [5, 5.41) is 13.5. The highest BCUT2D eigenvalue weighted by atomic mass is 32.2. The molecule has 0 unspecified atom stereocenters. The van der Waals surface area contributed by atoms with Gasteiger partial charge in [0.1, 0.15) is 0 Å². The second-order valence-corrected chi connectivity index (χ2v) is 32.9. The Balaban J connectivity index is 0.000000137. The Bertz CT molecular complexity index is 5000. The third-order valence-corrected chi connectivity index (χ3v) is 24.5. The number of likely N-dealkylation sites (N-methyl/N-ethyl adjacent to an activating group) is 4. The van der Waals surface area contributed by atoms with E-state index in [1.165, 1.54) is 86.5 Å². The maximum absolute atomic E-state index is 12.2. The van der Waals surface area contributed by atoms with Gasteiger partial charge in [-0.05, 0) is 207 Å². The quantitative estimate of drug-likeness (QED) is 0.0675. The third kappa shape index (κ3) is 16.5. The molecule has 0 radical (unpaired) electrons. The highest BCUT2D eigenvalue weighted by molar-refractivity contribution is 7.89. The zero-order valence-corrected chi connectivity index (χ0v) is 64.9. The first kappa shape index (κ1) is 75.8. The number of nitrogens with zero attached hydrogens (tertiary/aromatic N) is 21. The van der Waals surface area contributed by atoms with Crippen LogP contribution in [0.15, 0.2) is 92.2 Å². The standard InChI is InChI=1S/C29H40N8O.C25H30N8O3S.C25H30N8O/c1-20-14-21(15-22-18-35(3)11-8-26(20)22)27-17-31-28(30)29(33-27)38-25-16-32-37(19-25)24-6-12-36(13-7-24)23-4-9-34(2)10-5-23;1-5-37(34,35)32-15-25(16-32,14-27-3)33-13-20(10-29-33)36-24-23(26)28-11-22(30-24)18-8-17(2)21-6-7-31(4)12-19(21)9-18;1-5-32-15-25(16-32,14-27-3)33-13-20(10-29-33)34-24-23(26)28-11-22(30-24)18-8-17(2)21-6-7-31(4)12-19(21)9-18/h14-17,19,23-24H,4-13,18H2,1-3H3,(H2,30,31);8-11,13H,5-7,12,14-16H2,1-2,4H3,(H2,26,28);8-11,13H,5-7,12,14-16H2,1-2,4H3,(H2,26,28). The molecule has 4 saturated heterocycles. The van der Waals surface area contributed by atoms with Gasteiger partial charge < -0.3 is 65.6 Å². The molecule has 109 heavy (non-hydrogen) atoms. The molecule has 0 bridgehead atoms. The van der Waals surface area contributed by atoms with Gasteiger partial charge >= 0.3 is 0 Å². The number of ether oxygens (including phenoxy) is 3. The van der Waals surface area contributed by atoms with Crippen molar-refractivity contribution in [2.75, 3.05) is 143 Å². The topological polar surface area (TPSA) is 302 Å². The zero-order chi connectivity index (χ0) is 76.5. The van der Waals surface area contributed by atoms with Crippen LogP contribution < -0.4 is 31.4 Å². The molecule has 4 fully saturated rings. The lowest BCUT2D eigenvalue weighted by Gasteiger charge is -2.46. The minimum absolute atomic E-state index is 0.0172. The minimum atomic E-state index is -3.33. The number of nitrogens with two attached hydrogens (primary N) is 3. The fraction of sp³-hybridized carbons (Fsp3) is 0.481. The Morgan fingerprint density at radius 2 is 0.881 bits per heavy atom. The highest BCUT2D eigenvalue weighted by Crippen LogP contribution is 2.39. The summed E-state index contributed by atoms with van der Waals surface area (Å²) in [5.74, 6) is 2.96. The average Bonchev–Trinajstić information content (AvgIpc) is 1.72. The molecule has 29 nitrogen and oxygen atoms in total. The maximum atomic E-state index is 12.2. The average molecular weight is 1500 g/mol. The van der Waals surface area contributed by atoms with E-state index >= 15 is 0 Å². The Labute approximate surface area is 638 Å². The molecular weight excluding hydrogens is 1400 g/mol. The predicted octanol–water partition coefficient (Wildman–Crippen LogP) is 8.99. The van der Waals surface area contributed by atoms with Crippen LogP contribution in [0.25, 0.3) is 43.5 Å². The van der Waals surface area contributed by atoms with Crippen LogP contribution >= 0.6 is 0 Å². The largest absolute Gasteiger partial charge is 0.433 e. The molecule has 0 spiro atoms. The monoisotopic (exact) mass is 1500 g/mol. The van der Waals surface area contributed by atoms with Gasteiger partial charge in [0.05, 0.1) is 84.6 Å². The number of sulfonamides is 1. The van der Waals surface area contributed by atoms with E-state index in [9.17, 15) is 8.42 Å². The van der Waals surface area contributed by atoms with Crippen molar-refractivity contribution >= 4 is 27.5 Å². The summed E-state index contributed by atoms with van der Waals surface area (Å²) >= 11 is 0. The molecule has 7 aliphatic rings. The lowest BCUT2D eigenvalue weighted by Crippen LogP contribution is -2.65. The Hall–Kier alpha value is -10.0. The highest BCUT2D eigenvalue weighted by Gasteiger charge is 2.53. The molecule has 0 atom stereocenters. The Morgan fingerprint density at radius 1 is 0.495 bits per heavy atom. The normalized spacial score (nSPS) is 18.6. The van der Waals surface area contributed by atoms with E-state index in [0.717, 1.165) is 138 Å². The minimum Gasteiger partial charge on any atom is -0.433 e. The van der Waals surface area contributed by atoms with Crippen LogP contribution in [0.4, 0.5) is 17.5 Å². The van der Waals surface area contributed by atoms with Crippen molar-refractivity contribution in [2.24, 2.45) is 0 Å². The molecule has 9 aromatic rings. The number of hydrogen-bond acceptors (Lipinski definition) is 23. The third-order valence-electron chi connectivity index (χ3n) is 22.8. The van der Waals surface area contributed by atoms with Gasteiger partial charge in [0.15, 0.2) is 45.8 Å². The van der Waals surface area contributed by atoms with Crippen LogP contribution in [0, 0.1) is 33.9 Å². The number of likely N-dealkylation sites (tertiary alicyclic amines) is 3. The number of piperidine rings is 2. The van der Waals surface area contributed by atoms with Gasteiger partial charge in [-0.2, -0.15) is 19.6 Å². The molecule has 0 amide bonds. The summed E-state index contributed by atoms with van der Waals surface area (Å²) in [4.78, 5) is 48.7. The second kappa shape index (κ2) is 31.9. The van der Waals surface area contributed by atoms with E-state index in [2.05, 4.69) is 171 Å². The van der Waals surface area contributed by atoms with E-state index in [-0.39, 0.29) is 60.1 Å². The van der Waals surface area contributed by atoms with Crippen molar-refractivity contribution in [2.45, 2.75) is 122 Å². The Kier molecular flexibility index (Phi) is 22.2. The first-order valence-electron chi connectivity index (χ1n) is 37.8. The summed E-state index contributed by atoms with van der Waals surface area (Å²) < 4.78 is 49.4. The van der Waals surface area contributed by atoms with E-state index in [1.807, 2.05) is 17.1 Å². The first-order chi connectivity index (χ1) is 52.5. The van der Waals surface area contributed by atoms with Crippen LogP contribution in [-0.4, -0.2) is 233 Å². The number of anilines is 3. The number of aryl methyl sites for hydroxylation is 3. The van der Waals surface area contributed by atoms with Gasteiger partial charge in [0.2, 0.25) is 23.1 Å². The maximum Gasteiger partial charge on any atom is 0.263 e. The van der Waals surface area contributed by atoms with Gasteiger partial charge in [-0.15, -0.1) is 0 Å². The van der Waals surface area contributed by atoms with Crippen LogP contribution in [0.2, 0.25) is 0 Å². The van der Waals surface area contributed by atoms with Crippen molar-refractivity contribution in [3.63, 3.8) is 0 Å². The molecule has 16 rings (SSSR count). The molecule has 6 aromatic heterocycles. The molecule has 0 aliphatic carbocycles. The van der Waals surface area contributed by atoms with Gasteiger partial charge in [0, 0.05) is 101 Å². The number of fused-ring (bicyclic) bond motifs is 3. The second-order valence-electron chi connectivity index (χ2n) is 30.7. The van der Waals surface area contributed by atoms with Crippen molar-refractivity contribution in [1.82, 2.24) is 92.9 Å². The number of nitrogen functional groups attached to an aromatic ring is 3. The summed E-state index contributed by atoms with van der Waals surface area (Å²) in [6.45, 7) is 39.0. The van der Waals surface area contributed by atoms with Gasteiger partial charge in [-0.3, -0.25) is 18.9 Å². The fourth-order valence-corrected chi connectivity index (χ4v) is 17.6. The summed E-state index contributed by atoms with van der Waals surface area (Å²) in [6.07, 6.45) is 23.4. The molecule has 30 heteroatoms. The SMILES string of the molecule is Cc1cc(-c2cnc(N)c(Oc3cnn(C4CCN(C5CCN(C)CC5)CC4)c3)n2)cc2c1CCN(C)C2.[C-]#[N+]CC1(n2cc(Oc3nc(-c4cc(C)c5c(c4)CN(C)CC5)cnc3N)cn2)CN(CC)C1.[C-]#[N+]CC1(n2cc(Oc3nc(-c4cc(C)c5c(c4)CN(C)CC5)cnc3N)cn2)CN(S(=O)(=O)CC)C1. The van der Waals surface area contributed by atoms with Gasteiger partial charge in [0.25, 0.3) is 17.6 Å². The number of benzene rings is 3. The van der Waals surface area contributed by atoms with E-state index in [0.29, 0.717) is 41.4 Å². The number of hydrogen-bond donors (Lipinski definition) is 3. The van der Waals surface area contributed by atoms with Gasteiger partial charge in [-0.1, -0.05) is 6.92 Å². The summed E-state index contributed by atoms with van der Waals surface area (Å²) in [6, 6.07) is 14.2. The van der Waals surface area contributed by atoms with Crippen molar-refractivity contribution in [3.8, 4) is 68.7 Å². The summed E-state index contributed by atoms with van der Waals surface area (Å²) in [7, 11) is 5.32. The molecule has 3 aromatic carbocycles. The molecule has 572 valence electrons. The fourth-order valence-electron chi connectivity index (χ4n) is 16.4. The first-order valence-corrected chi connectivity index (χ1v) is 39.4. The zero-order valence-electron chi connectivity index (χ0n) is 64.1. The Morgan fingerprint density at radius 3 is 1.28 bits per heavy atom. The molecule has 13 heterocycles. The van der Waals surface area contributed by atoms with Crippen LogP contribution in [-0.2, 0) is 60.0 Å². The lowest BCUT2D eigenvalue weighted by atomic mass is 9.90. The van der Waals surface area contributed by atoms with Crippen LogP contribution in [0.1, 0.15) is 95.6 Å². The molecule has 6 N–H and O–H groups in total. The summed E-state index contributed by atoms with van der Waals surface area (Å²) in [5.41, 5.74) is 34.5. The van der Waals surface area contributed by atoms with Crippen LogP contribution in [0.5, 0.6) is 34.9 Å².